The average molecular weight is 403 g/mol. The Morgan fingerprint density at radius 1 is 1.07 bits per heavy atom. The van der Waals surface area contributed by atoms with Crippen molar-refractivity contribution in [2.75, 3.05) is 36.5 Å². The van der Waals surface area contributed by atoms with Gasteiger partial charge in [0.1, 0.15) is 11.3 Å². The second kappa shape index (κ2) is 7.53. The summed E-state index contributed by atoms with van der Waals surface area (Å²) in [6.45, 7) is 9.68. The molecule has 4 heterocycles. The molecule has 1 N–H and O–H groups in total. The van der Waals surface area contributed by atoms with Crippen molar-refractivity contribution in [1.29, 1.82) is 0 Å². The summed E-state index contributed by atoms with van der Waals surface area (Å²) in [6.07, 6.45) is 5.63. The lowest BCUT2D eigenvalue weighted by Crippen LogP contribution is -2.36. The molecule has 0 radical (unpaired) electrons. The zero-order chi connectivity index (χ0) is 20.7. The topological polar surface area (TPSA) is 81.0 Å². The van der Waals surface area contributed by atoms with Crippen molar-refractivity contribution >= 4 is 39.4 Å². The fourth-order valence-corrected chi connectivity index (χ4v) is 3.93. The van der Waals surface area contributed by atoms with Crippen LogP contribution < -0.4 is 10.2 Å². The summed E-state index contributed by atoms with van der Waals surface area (Å²) in [5.41, 5.74) is 5.16. The summed E-state index contributed by atoms with van der Waals surface area (Å²) in [5.74, 6) is 1.26. The molecule has 0 amide bonds. The number of imidazole rings is 1. The number of morpholine rings is 1. The summed E-state index contributed by atoms with van der Waals surface area (Å²) in [4.78, 5) is 20.7. The molecule has 1 aromatic carbocycles. The SMILES string of the molecule is Cc1cc(Nc2ncc3ccc4ncn(C(C)C)c4c3n2)ncc1N1CCOCC1. The van der Waals surface area contributed by atoms with Crippen molar-refractivity contribution in [3.8, 4) is 0 Å². The summed E-state index contributed by atoms with van der Waals surface area (Å²) in [6, 6.07) is 6.36. The molecule has 0 aliphatic carbocycles. The van der Waals surface area contributed by atoms with E-state index in [1.54, 1.807) is 0 Å². The molecule has 5 rings (SSSR count). The van der Waals surface area contributed by atoms with Crippen LogP contribution in [0, 0.1) is 6.92 Å². The second-order valence-corrected chi connectivity index (χ2v) is 7.89. The number of rotatable bonds is 4. The lowest BCUT2D eigenvalue weighted by Gasteiger charge is -2.29. The van der Waals surface area contributed by atoms with E-state index in [1.165, 1.54) is 0 Å². The molecule has 30 heavy (non-hydrogen) atoms. The molecule has 0 bridgehead atoms. The Labute approximate surface area is 174 Å². The van der Waals surface area contributed by atoms with Gasteiger partial charge in [-0.25, -0.2) is 19.9 Å². The van der Waals surface area contributed by atoms with Crippen molar-refractivity contribution in [3.63, 3.8) is 0 Å². The van der Waals surface area contributed by atoms with Crippen LogP contribution in [0.5, 0.6) is 0 Å². The predicted octanol–water partition coefficient (Wildman–Crippen LogP) is 3.84. The monoisotopic (exact) mass is 403 g/mol. The highest BCUT2D eigenvalue weighted by Gasteiger charge is 2.15. The van der Waals surface area contributed by atoms with Gasteiger partial charge in [0.05, 0.1) is 42.5 Å². The Morgan fingerprint density at radius 2 is 1.90 bits per heavy atom. The quantitative estimate of drug-likeness (QED) is 0.554. The third-order valence-electron chi connectivity index (χ3n) is 5.52. The van der Waals surface area contributed by atoms with Crippen LogP contribution >= 0.6 is 0 Å². The maximum atomic E-state index is 5.45. The molecule has 1 saturated heterocycles. The van der Waals surface area contributed by atoms with Gasteiger partial charge in [0, 0.05) is 30.7 Å². The van der Waals surface area contributed by atoms with Crippen molar-refractivity contribution in [2.24, 2.45) is 0 Å². The van der Waals surface area contributed by atoms with Crippen LogP contribution in [0.2, 0.25) is 0 Å². The highest BCUT2D eigenvalue weighted by atomic mass is 16.5. The highest BCUT2D eigenvalue weighted by molar-refractivity contribution is 6.02. The molecule has 8 nitrogen and oxygen atoms in total. The zero-order valence-electron chi connectivity index (χ0n) is 17.5. The van der Waals surface area contributed by atoms with Crippen LogP contribution in [0.15, 0.2) is 36.9 Å². The Balaban J connectivity index is 1.48. The lowest BCUT2D eigenvalue weighted by molar-refractivity contribution is 0.122. The lowest BCUT2D eigenvalue weighted by atomic mass is 10.2. The molecule has 0 saturated carbocycles. The fraction of sp³-hybridized carbons (Fsp3) is 0.364. The van der Waals surface area contributed by atoms with E-state index < -0.39 is 0 Å². The van der Waals surface area contributed by atoms with Crippen molar-refractivity contribution in [3.05, 3.63) is 42.5 Å². The van der Waals surface area contributed by atoms with Gasteiger partial charge in [0.15, 0.2) is 0 Å². The first-order valence-corrected chi connectivity index (χ1v) is 10.3. The predicted molar refractivity (Wildman–Crippen MR) is 119 cm³/mol. The molecule has 0 spiro atoms. The number of ether oxygens (including phenoxy) is 1. The van der Waals surface area contributed by atoms with Gasteiger partial charge in [-0.1, -0.05) is 0 Å². The minimum atomic E-state index is 0.295. The van der Waals surface area contributed by atoms with Gasteiger partial charge in [-0.15, -0.1) is 0 Å². The van der Waals surface area contributed by atoms with Crippen LogP contribution in [0.25, 0.3) is 21.9 Å². The number of nitrogens with one attached hydrogen (secondary N) is 1. The molecule has 154 valence electrons. The summed E-state index contributed by atoms with van der Waals surface area (Å²) < 4.78 is 7.60. The first kappa shape index (κ1) is 18.7. The van der Waals surface area contributed by atoms with Crippen LogP contribution in [0.3, 0.4) is 0 Å². The first-order valence-electron chi connectivity index (χ1n) is 10.3. The van der Waals surface area contributed by atoms with Gasteiger partial charge in [-0.05, 0) is 44.5 Å². The second-order valence-electron chi connectivity index (χ2n) is 7.89. The van der Waals surface area contributed by atoms with E-state index in [9.17, 15) is 0 Å². The number of hydrogen-bond acceptors (Lipinski definition) is 7. The summed E-state index contributed by atoms with van der Waals surface area (Å²) >= 11 is 0. The maximum Gasteiger partial charge on any atom is 0.228 e. The molecule has 3 aromatic heterocycles. The molecule has 8 heteroatoms. The maximum absolute atomic E-state index is 5.45. The van der Waals surface area contributed by atoms with Gasteiger partial charge in [-0.2, -0.15) is 0 Å². The van der Waals surface area contributed by atoms with Gasteiger partial charge in [0.2, 0.25) is 5.95 Å². The Morgan fingerprint density at radius 3 is 2.67 bits per heavy atom. The van der Waals surface area contributed by atoms with Crippen LogP contribution in [0.1, 0.15) is 25.5 Å². The molecular weight excluding hydrogens is 378 g/mol. The minimum absolute atomic E-state index is 0.295. The molecule has 1 fully saturated rings. The van der Waals surface area contributed by atoms with Gasteiger partial charge < -0.3 is 19.5 Å². The number of anilines is 3. The van der Waals surface area contributed by atoms with Crippen LogP contribution in [-0.4, -0.2) is 50.8 Å². The number of pyridine rings is 1. The van der Waals surface area contributed by atoms with Gasteiger partial charge >= 0.3 is 0 Å². The number of aryl methyl sites for hydroxylation is 1. The van der Waals surface area contributed by atoms with Crippen molar-refractivity contribution in [1.82, 2.24) is 24.5 Å². The number of hydrogen-bond donors (Lipinski definition) is 1. The molecule has 0 unspecified atom stereocenters. The van der Waals surface area contributed by atoms with Gasteiger partial charge in [0.25, 0.3) is 0 Å². The number of fused-ring (bicyclic) bond motifs is 3. The standard InChI is InChI=1S/C22H25N7O/c1-14(2)29-13-25-17-5-4-16-11-24-22(27-20(16)21(17)29)26-19-10-15(3)18(12-23-19)28-6-8-30-9-7-28/h4-5,10-14H,6-9H2,1-3H3,(H,23,24,26,27). The Hall–Kier alpha value is -3.26. The average Bonchev–Trinajstić information content (AvgIpc) is 3.20. The number of benzene rings is 1. The number of aromatic nitrogens is 5. The van der Waals surface area contributed by atoms with Crippen molar-refractivity contribution in [2.45, 2.75) is 26.8 Å². The smallest absolute Gasteiger partial charge is 0.228 e. The minimum Gasteiger partial charge on any atom is -0.378 e. The number of nitrogens with zero attached hydrogens (tertiary/aromatic N) is 6. The Bertz CT molecular complexity index is 1210. The Kier molecular flexibility index (Phi) is 4.71. The molecule has 4 aromatic rings. The molecular formula is C22H25N7O. The van der Waals surface area contributed by atoms with Crippen LogP contribution in [-0.2, 0) is 4.74 Å². The van der Waals surface area contributed by atoms with E-state index >= 15 is 0 Å². The van der Waals surface area contributed by atoms with Crippen molar-refractivity contribution < 1.29 is 4.74 Å². The van der Waals surface area contributed by atoms with E-state index in [4.69, 9.17) is 9.72 Å². The largest absolute Gasteiger partial charge is 0.378 e. The third-order valence-corrected chi connectivity index (χ3v) is 5.52. The first-order chi connectivity index (χ1) is 14.6. The zero-order valence-corrected chi connectivity index (χ0v) is 17.5. The third kappa shape index (κ3) is 3.33. The van der Waals surface area contributed by atoms with E-state index in [2.05, 4.69) is 50.5 Å². The summed E-state index contributed by atoms with van der Waals surface area (Å²) in [7, 11) is 0. The normalized spacial score (nSPS) is 14.7. The van der Waals surface area contributed by atoms with Crippen LogP contribution in [0.4, 0.5) is 17.5 Å². The van der Waals surface area contributed by atoms with E-state index in [1.807, 2.05) is 36.9 Å². The van der Waals surface area contributed by atoms with Gasteiger partial charge in [-0.3, -0.25) is 0 Å². The molecule has 1 aliphatic heterocycles. The van der Waals surface area contributed by atoms with E-state index in [-0.39, 0.29) is 0 Å². The van der Waals surface area contributed by atoms with E-state index in [0.29, 0.717) is 12.0 Å². The molecule has 0 atom stereocenters. The molecule has 1 aliphatic rings. The summed E-state index contributed by atoms with van der Waals surface area (Å²) in [5, 5.41) is 4.25. The fourth-order valence-electron chi connectivity index (χ4n) is 3.93. The van der Waals surface area contributed by atoms with E-state index in [0.717, 1.165) is 65.3 Å². The highest BCUT2D eigenvalue weighted by Crippen LogP contribution is 2.27.